The largest absolute Gasteiger partial charge is 0.396 e. The number of amides is 1. The predicted molar refractivity (Wildman–Crippen MR) is 67.2 cm³/mol. The van der Waals surface area contributed by atoms with Crippen LogP contribution in [0.4, 0.5) is 0 Å². The van der Waals surface area contributed by atoms with E-state index < -0.39 is 0 Å². The fourth-order valence-corrected chi connectivity index (χ4v) is 2.21. The zero-order valence-electron chi connectivity index (χ0n) is 11.4. The lowest BCUT2D eigenvalue weighted by Crippen LogP contribution is -2.45. The third-order valence-corrected chi connectivity index (χ3v) is 2.26. The number of rotatable bonds is 6. The van der Waals surface area contributed by atoms with E-state index in [-0.39, 0.29) is 23.5 Å². The van der Waals surface area contributed by atoms with E-state index in [1.54, 1.807) is 0 Å². The van der Waals surface area contributed by atoms with Crippen LogP contribution in [0.1, 0.15) is 60.3 Å². The average Bonchev–Trinajstić information content (AvgIpc) is 1.98. The average molecular weight is 229 g/mol. The Balaban J connectivity index is 4.00. The lowest BCUT2D eigenvalue weighted by Gasteiger charge is -2.33. The summed E-state index contributed by atoms with van der Waals surface area (Å²) in [6.45, 7) is 10.8. The Bertz CT molecular complexity index is 216. The van der Waals surface area contributed by atoms with Gasteiger partial charge in [0.2, 0.25) is 5.91 Å². The highest BCUT2D eigenvalue weighted by Gasteiger charge is 2.26. The molecule has 0 atom stereocenters. The van der Waals surface area contributed by atoms with Crippen LogP contribution in [0.15, 0.2) is 0 Å². The molecule has 0 unspecified atom stereocenters. The highest BCUT2D eigenvalue weighted by molar-refractivity contribution is 5.76. The van der Waals surface area contributed by atoms with Gasteiger partial charge in [-0.15, -0.1) is 0 Å². The smallest absolute Gasteiger partial charge is 0.220 e. The Kier molecular flexibility index (Phi) is 6.01. The van der Waals surface area contributed by atoms with E-state index in [9.17, 15) is 4.79 Å². The fourth-order valence-electron chi connectivity index (χ4n) is 2.21. The summed E-state index contributed by atoms with van der Waals surface area (Å²) in [6.07, 6.45) is 2.92. The second-order valence-electron chi connectivity index (χ2n) is 6.35. The summed E-state index contributed by atoms with van der Waals surface area (Å²) >= 11 is 0. The lowest BCUT2D eigenvalue weighted by molar-refractivity contribution is -0.123. The van der Waals surface area contributed by atoms with Crippen molar-refractivity contribution in [2.75, 3.05) is 6.61 Å². The molecule has 0 rings (SSSR count). The van der Waals surface area contributed by atoms with Crippen molar-refractivity contribution in [3.63, 3.8) is 0 Å². The molecule has 2 N–H and O–H groups in total. The van der Waals surface area contributed by atoms with E-state index in [0.29, 0.717) is 12.8 Å². The van der Waals surface area contributed by atoms with Crippen molar-refractivity contribution in [3.8, 4) is 0 Å². The fraction of sp³-hybridized carbons (Fsp3) is 0.923. The third kappa shape index (κ3) is 8.72. The minimum Gasteiger partial charge on any atom is -0.396 e. The first-order chi connectivity index (χ1) is 7.16. The predicted octanol–water partition coefficient (Wildman–Crippen LogP) is 2.48. The molecule has 0 aromatic carbocycles. The van der Waals surface area contributed by atoms with Crippen molar-refractivity contribution in [2.24, 2.45) is 5.41 Å². The highest BCUT2D eigenvalue weighted by Crippen LogP contribution is 2.26. The number of aliphatic hydroxyl groups is 1. The molecule has 0 heterocycles. The summed E-state index contributed by atoms with van der Waals surface area (Å²) in [5, 5.41) is 11.7. The number of unbranched alkanes of at least 4 members (excludes halogenated alkanes) is 1. The van der Waals surface area contributed by atoms with Gasteiger partial charge in [-0.05, 0) is 38.5 Å². The summed E-state index contributed by atoms with van der Waals surface area (Å²) in [5.74, 6) is 0.0858. The van der Waals surface area contributed by atoms with Gasteiger partial charge in [-0.1, -0.05) is 20.8 Å². The van der Waals surface area contributed by atoms with E-state index >= 15 is 0 Å². The van der Waals surface area contributed by atoms with Gasteiger partial charge < -0.3 is 10.4 Å². The maximum absolute atomic E-state index is 11.6. The molecule has 96 valence electrons. The summed E-state index contributed by atoms with van der Waals surface area (Å²) < 4.78 is 0. The molecular formula is C13H27NO2. The second-order valence-corrected chi connectivity index (χ2v) is 6.35. The van der Waals surface area contributed by atoms with Gasteiger partial charge in [0, 0.05) is 18.6 Å². The monoisotopic (exact) mass is 229 g/mol. The number of hydrogen-bond acceptors (Lipinski definition) is 2. The standard InChI is InChI=1S/C13H27NO2/c1-12(2,3)10-13(4,5)14-11(16)8-6-7-9-15/h15H,6-10H2,1-5H3,(H,14,16). The van der Waals surface area contributed by atoms with Crippen molar-refractivity contribution >= 4 is 5.91 Å². The first kappa shape index (κ1) is 15.4. The SMILES string of the molecule is CC(C)(C)CC(C)(C)NC(=O)CCCCO. The molecular weight excluding hydrogens is 202 g/mol. The van der Waals surface area contributed by atoms with Crippen molar-refractivity contribution in [3.05, 3.63) is 0 Å². The molecule has 0 aromatic rings. The molecule has 3 heteroatoms. The number of carbonyl (C=O) groups excluding carboxylic acids is 1. The van der Waals surface area contributed by atoms with Crippen molar-refractivity contribution in [1.82, 2.24) is 5.32 Å². The third-order valence-electron chi connectivity index (χ3n) is 2.26. The minimum absolute atomic E-state index is 0.0858. The quantitative estimate of drug-likeness (QED) is 0.687. The molecule has 0 saturated carbocycles. The highest BCUT2D eigenvalue weighted by atomic mass is 16.2. The van der Waals surface area contributed by atoms with Crippen LogP contribution >= 0.6 is 0 Å². The number of nitrogens with one attached hydrogen (secondary N) is 1. The van der Waals surface area contributed by atoms with E-state index in [1.807, 2.05) is 0 Å². The Hall–Kier alpha value is -0.570. The van der Waals surface area contributed by atoms with Crippen LogP contribution in [0.2, 0.25) is 0 Å². The van der Waals surface area contributed by atoms with Crippen LogP contribution in [0.3, 0.4) is 0 Å². The molecule has 16 heavy (non-hydrogen) atoms. The number of hydrogen-bond donors (Lipinski definition) is 2. The summed E-state index contributed by atoms with van der Waals surface area (Å²) in [5.41, 5.74) is 0.0520. The normalized spacial score (nSPS) is 12.6. The van der Waals surface area contributed by atoms with Gasteiger partial charge in [-0.3, -0.25) is 4.79 Å². The Morgan fingerprint density at radius 1 is 1.12 bits per heavy atom. The first-order valence-electron chi connectivity index (χ1n) is 6.08. The van der Waals surface area contributed by atoms with Gasteiger partial charge in [0.15, 0.2) is 0 Å². The Morgan fingerprint density at radius 2 is 1.69 bits per heavy atom. The van der Waals surface area contributed by atoms with Crippen molar-refractivity contribution in [1.29, 1.82) is 0 Å². The van der Waals surface area contributed by atoms with Gasteiger partial charge in [0.25, 0.3) is 0 Å². The van der Waals surface area contributed by atoms with Gasteiger partial charge in [0.1, 0.15) is 0 Å². The van der Waals surface area contributed by atoms with Crippen LogP contribution in [0.5, 0.6) is 0 Å². The lowest BCUT2D eigenvalue weighted by atomic mass is 9.82. The van der Waals surface area contributed by atoms with Crippen LogP contribution in [-0.2, 0) is 4.79 Å². The van der Waals surface area contributed by atoms with Crippen molar-refractivity contribution in [2.45, 2.75) is 65.8 Å². The summed E-state index contributed by atoms with van der Waals surface area (Å²) in [7, 11) is 0. The second kappa shape index (κ2) is 6.24. The maximum Gasteiger partial charge on any atom is 0.220 e. The molecule has 0 aliphatic carbocycles. The van der Waals surface area contributed by atoms with Crippen LogP contribution < -0.4 is 5.32 Å². The van der Waals surface area contributed by atoms with Crippen LogP contribution in [0.25, 0.3) is 0 Å². The van der Waals surface area contributed by atoms with E-state index in [0.717, 1.165) is 12.8 Å². The van der Waals surface area contributed by atoms with E-state index in [1.165, 1.54) is 0 Å². The van der Waals surface area contributed by atoms with Gasteiger partial charge >= 0.3 is 0 Å². The number of aliphatic hydroxyl groups excluding tert-OH is 1. The maximum atomic E-state index is 11.6. The summed E-state index contributed by atoms with van der Waals surface area (Å²) in [6, 6.07) is 0. The molecule has 0 aliphatic heterocycles. The molecule has 0 aromatic heterocycles. The van der Waals surface area contributed by atoms with Crippen LogP contribution in [-0.4, -0.2) is 23.2 Å². The zero-order valence-corrected chi connectivity index (χ0v) is 11.4. The molecule has 1 amide bonds. The molecule has 0 aliphatic rings. The van der Waals surface area contributed by atoms with Crippen LogP contribution in [0, 0.1) is 5.41 Å². The first-order valence-corrected chi connectivity index (χ1v) is 6.08. The topological polar surface area (TPSA) is 49.3 Å². The molecule has 0 bridgehead atoms. The molecule has 0 spiro atoms. The Labute approximate surface area is 99.6 Å². The molecule has 0 saturated heterocycles. The van der Waals surface area contributed by atoms with E-state index in [4.69, 9.17) is 5.11 Å². The van der Waals surface area contributed by atoms with Gasteiger partial charge in [-0.25, -0.2) is 0 Å². The molecule has 0 fully saturated rings. The zero-order chi connectivity index (χ0) is 12.8. The number of carbonyl (C=O) groups is 1. The van der Waals surface area contributed by atoms with Gasteiger partial charge in [0.05, 0.1) is 0 Å². The summed E-state index contributed by atoms with van der Waals surface area (Å²) in [4.78, 5) is 11.6. The van der Waals surface area contributed by atoms with Crippen molar-refractivity contribution < 1.29 is 9.90 Å². The molecule has 0 radical (unpaired) electrons. The minimum atomic E-state index is -0.158. The van der Waals surface area contributed by atoms with Gasteiger partial charge in [-0.2, -0.15) is 0 Å². The molecule has 3 nitrogen and oxygen atoms in total. The van der Waals surface area contributed by atoms with E-state index in [2.05, 4.69) is 39.9 Å². The Morgan fingerprint density at radius 3 is 2.12 bits per heavy atom.